The van der Waals surface area contributed by atoms with Crippen molar-refractivity contribution in [2.45, 2.75) is 18.7 Å². The van der Waals surface area contributed by atoms with Crippen molar-refractivity contribution in [1.82, 2.24) is 4.90 Å². The van der Waals surface area contributed by atoms with Crippen LogP contribution in [0.25, 0.3) is 0 Å². The second-order valence-electron chi connectivity index (χ2n) is 4.18. The highest BCUT2D eigenvalue weighted by molar-refractivity contribution is 7.99. The van der Waals surface area contributed by atoms with Crippen molar-refractivity contribution in [3.63, 3.8) is 0 Å². The van der Waals surface area contributed by atoms with Gasteiger partial charge in [-0.3, -0.25) is 4.90 Å². The van der Waals surface area contributed by atoms with Crippen LogP contribution in [-0.2, 0) is 6.54 Å². The number of thioether (sulfide) groups is 1. The molecular formula is C13H18N2S2. The summed E-state index contributed by atoms with van der Waals surface area (Å²) in [6.07, 6.45) is 0. The number of hydrogen-bond acceptors (Lipinski definition) is 4. The monoisotopic (exact) mass is 266 g/mol. The third-order valence-corrected chi connectivity index (χ3v) is 4.81. The van der Waals surface area contributed by atoms with Gasteiger partial charge in [-0.15, -0.1) is 11.3 Å². The standard InChI is InChI=1S/C13H18N2S2/c1-11-9-15(6-8-16-11)10-13-12(3-2-5-14)4-7-17-13/h4,7,11H,5-6,8-10,14H2,1H3. The topological polar surface area (TPSA) is 29.3 Å². The summed E-state index contributed by atoms with van der Waals surface area (Å²) in [5, 5.41) is 2.88. The first-order valence-electron chi connectivity index (χ1n) is 5.89. The molecule has 1 atom stereocenters. The van der Waals surface area contributed by atoms with Crippen LogP contribution in [0.3, 0.4) is 0 Å². The Labute approximate surface area is 112 Å². The van der Waals surface area contributed by atoms with Crippen LogP contribution in [-0.4, -0.2) is 35.5 Å². The van der Waals surface area contributed by atoms with Gasteiger partial charge in [0.1, 0.15) is 0 Å². The Balaban J connectivity index is 2.00. The van der Waals surface area contributed by atoms with Crippen LogP contribution in [0, 0.1) is 11.8 Å². The lowest BCUT2D eigenvalue weighted by Crippen LogP contribution is -2.35. The van der Waals surface area contributed by atoms with Gasteiger partial charge in [0.25, 0.3) is 0 Å². The zero-order valence-corrected chi connectivity index (χ0v) is 11.7. The highest BCUT2D eigenvalue weighted by Gasteiger charge is 2.17. The summed E-state index contributed by atoms with van der Waals surface area (Å²) in [6, 6.07) is 2.10. The van der Waals surface area contributed by atoms with Crippen molar-refractivity contribution in [2.24, 2.45) is 5.73 Å². The van der Waals surface area contributed by atoms with E-state index in [0.717, 1.165) is 17.4 Å². The molecule has 0 aliphatic carbocycles. The Morgan fingerprint density at radius 2 is 2.47 bits per heavy atom. The van der Waals surface area contributed by atoms with Crippen molar-refractivity contribution in [2.75, 3.05) is 25.4 Å². The van der Waals surface area contributed by atoms with E-state index < -0.39 is 0 Å². The van der Waals surface area contributed by atoms with E-state index in [1.165, 1.54) is 23.7 Å². The van der Waals surface area contributed by atoms with Gasteiger partial charge in [-0.1, -0.05) is 18.8 Å². The molecule has 1 aromatic rings. The Bertz CT molecular complexity index is 417. The highest BCUT2D eigenvalue weighted by Crippen LogP contribution is 2.23. The van der Waals surface area contributed by atoms with Crippen LogP contribution in [0.5, 0.6) is 0 Å². The SMILES string of the molecule is CC1CN(Cc2sccc2C#CCN)CCS1. The molecule has 1 saturated heterocycles. The van der Waals surface area contributed by atoms with Crippen molar-refractivity contribution >= 4 is 23.1 Å². The number of rotatable bonds is 2. The molecule has 0 amide bonds. The molecular weight excluding hydrogens is 248 g/mol. The number of nitrogens with two attached hydrogens (primary N) is 1. The zero-order valence-electron chi connectivity index (χ0n) is 10.1. The summed E-state index contributed by atoms with van der Waals surface area (Å²) in [5.74, 6) is 7.34. The minimum Gasteiger partial charge on any atom is -0.320 e. The molecule has 1 aliphatic heterocycles. The van der Waals surface area contributed by atoms with Gasteiger partial charge in [-0.25, -0.2) is 0 Å². The van der Waals surface area contributed by atoms with Crippen molar-refractivity contribution in [1.29, 1.82) is 0 Å². The van der Waals surface area contributed by atoms with Crippen LogP contribution in [0.1, 0.15) is 17.4 Å². The third kappa shape index (κ3) is 3.75. The first-order chi connectivity index (χ1) is 8.29. The minimum absolute atomic E-state index is 0.437. The van der Waals surface area contributed by atoms with Gasteiger partial charge in [0, 0.05) is 41.1 Å². The Hall–Kier alpha value is -0.470. The molecule has 0 bridgehead atoms. The molecule has 4 heteroatoms. The lowest BCUT2D eigenvalue weighted by Gasteiger charge is -2.30. The van der Waals surface area contributed by atoms with Gasteiger partial charge in [0.05, 0.1) is 6.54 Å². The average molecular weight is 266 g/mol. The maximum absolute atomic E-state index is 5.41. The van der Waals surface area contributed by atoms with E-state index in [4.69, 9.17) is 5.73 Å². The second kappa shape index (κ2) is 6.46. The lowest BCUT2D eigenvalue weighted by atomic mass is 10.2. The lowest BCUT2D eigenvalue weighted by molar-refractivity contribution is 0.280. The number of hydrogen-bond donors (Lipinski definition) is 1. The van der Waals surface area contributed by atoms with E-state index in [0.29, 0.717) is 6.54 Å². The van der Waals surface area contributed by atoms with Crippen LogP contribution in [0.2, 0.25) is 0 Å². The molecule has 2 nitrogen and oxygen atoms in total. The van der Waals surface area contributed by atoms with Crippen LogP contribution >= 0.6 is 23.1 Å². The van der Waals surface area contributed by atoms with Gasteiger partial charge < -0.3 is 5.73 Å². The molecule has 0 saturated carbocycles. The highest BCUT2D eigenvalue weighted by atomic mass is 32.2. The number of nitrogens with zero attached hydrogens (tertiary/aromatic N) is 1. The van der Waals surface area contributed by atoms with Crippen molar-refractivity contribution in [3.8, 4) is 11.8 Å². The van der Waals surface area contributed by atoms with Gasteiger partial charge >= 0.3 is 0 Å². The summed E-state index contributed by atoms with van der Waals surface area (Å²) >= 11 is 3.87. The first kappa shape index (κ1) is 13.0. The van der Waals surface area contributed by atoms with Gasteiger partial charge in [0.2, 0.25) is 0 Å². The maximum Gasteiger partial charge on any atom is 0.0555 e. The van der Waals surface area contributed by atoms with E-state index in [1.54, 1.807) is 11.3 Å². The Morgan fingerprint density at radius 3 is 3.24 bits per heavy atom. The molecule has 2 heterocycles. The normalized spacial score (nSPS) is 20.9. The summed E-state index contributed by atoms with van der Waals surface area (Å²) in [4.78, 5) is 3.91. The van der Waals surface area contributed by atoms with Crippen LogP contribution in [0.15, 0.2) is 11.4 Å². The summed E-state index contributed by atoms with van der Waals surface area (Å²) < 4.78 is 0. The Morgan fingerprint density at radius 1 is 1.59 bits per heavy atom. The molecule has 2 N–H and O–H groups in total. The molecule has 0 aromatic carbocycles. The number of thiophene rings is 1. The van der Waals surface area contributed by atoms with Crippen molar-refractivity contribution < 1.29 is 0 Å². The molecule has 2 rings (SSSR count). The van der Waals surface area contributed by atoms with Crippen LogP contribution in [0.4, 0.5) is 0 Å². The fraction of sp³-hybridized carbons (Fsp3) is 0.538. The average Bonchev–Trinajstić information content (AvgIpc) is 2.74. The molecule has 0 spiro atoms. The quantitative estimate of drug-likeness (QED) is 0.830. The predicted molar refractivity (Wildman–Crippen MR) is 77.4 cm³/mol. The van der Waals surface area contributed by atoms with E-state index in [-0.39, 0.29) is 0 Å². The molecule has 1 aliphatic rings. The maximum atomic E-state index is 5.41. The van der Waals surface area contributed by atoms with E-state index in [1.807, 2.05) is 0 Å². The summed E-state index contributed by atoms with van der Waals surface area (Å²) in [5.41, 5.74) is 6.57. The largest absolute Gasteiger partial charge is 0.320 e. The molecule has 92 valence electrons. The second-order valence-corrected chi connectivity index (χ2v) is 6.73. The molecule has 1 fully saturated rings. The van der Waals surface area contributed by atoms with Crippen molar-refractivity contribution in [3.05, 3.63) is 21.9 Å². The first-order valence-corrected chi connectivity index (χ1v) is 7.81. The fourth-order valence-electron chi connectivity index (χ4n) is 1.96. The molecule has 17 heavy (non-hydrogen) atoms. The van der Waals surface area contributed by atoms with E-state index in [9.17, 15) is 0 Å². The fourth-order valence-corrected chi connectivity index (χ4v) is 3.91. The summed E-state index contributed by atoms with van der Waals surface area (Å²) in [7, 11) is 0. The smallest absolute Gasteiger partial charge is 0.0555 e. The summed E-state index contributed by atoms with van der Waals surface area (Å²) in [6.45, 7) is 6.16. The van der Waals surface area contributed by atoms with Gasteiger partial charge in [-0.2, -0.15) is 11.8 Å². The van der Waals surface area contributed by atoms with E-state index >= 15 is 0 Å². The minimum atomic E-state index is 0.437. The zero-order chi connectivity index (χ0) is 12.1. The molecule has 0 radical (unpaired) electrons. The molecule has 1 unspecified atom stereocenters. The predicted octanol–water partition coefficient (Wildman–Crippen LogP) is 2.00. The van der Waals surface area contributed by atoms with Gasteiger partial charge in [-0.05, 0) is 11.4 Å². The van der Waals surface area contributed by atoms with E-state index in [2.05, 4.69) is 46.9 Å². The van der Waals surface area contributed by atoms with Crippen LogP contribution < -0.4 is 5.73 Å². The third-order valence-electron chi connectivity index (χ3n) is 2.76. The molecule has 1 aromatic heterocycles. The van der Waals surface area contributed by atoms with Gasteiger partial charge in [0.15, 0.2) is 0 Å². The Kier molecular flexibility index (Phi) is 4.93.